The van der Waals surface area contributed by atoms with Crippen molar-refractivity contribution in [1.82, 2.24) is 14.5 Å². The molecular formula is C15H15N3O3S. The van der Waals surface area contributed by atoms with E-state index in [1.165, 1.54) is 17.1 Å². The van der Waals surface area contributed by atoms with Crippen LogP contribution in [0.15, 0.2) is 41.6 Å². The van der Waals surface area contributed by atoms with Crippen LogP contribution in [-0.4, -0.2) is 24.1 Å². The van der Waals surface area contributed by atoms with E-state index in [0.29, 0.717) is 12.8 Å². The van der Waals surface area contributed by atoms with E-state index in [1.807, 2.05) is 24.3 Å². The van der Waals surface area contributed by atoms with Gasteiger partial charge < -0.3 is 0 Å². The molecule has 6 nitrogen and oxygen atoms in total. The Balaban J connectivity index is 1.85. The lowest BCUT2D eigenvalue weighted by molar-refractivity contribution is 0.0981. The largest absolute Gasteiger partial charge is 0.275 e. The van der Waals surface area contributed by atoms with Gasteiger partial charge >= 0.3 is 0 Å². The second-order valence-electron chi connectivity index (χ2n) is 5.15. The first kappa shape index (κ1) is 14.5. The van der Waals surface area contributed by atoms with Gasteiger partial charge in [0.15, 0.2) is 0 Å². The molecule has 7 heteroatoms. The molecule has 0 saturated carbocycles. The molecule has 3 rings (SSSR count). The fourth-order valence-corrected chi connectivity index (χ4v) is 3.55. The van der Waals surface area contributed by atoms with Crippen LogP contribution in [0, 0.1) is 0 Å². The summed E-state index contributed by atoms with van der Waals surface area (Å²) >= 11 is 0. The van der Waals surface area contributed by atoms with E-state index in [9.17, 15) is 13.2 Å². The maximum Gasteiger partial charge on any atom is 0.268 e. The predicted octanol–water partition coefficient (Wildman–Crippen LogP) is 1.47. The van der Waals surface area contributed by atoms with E-state index in [1.54, 1.807) is 13.1 Å². The number of aromatic nitrogens is 2. The first-order valence-corrected chi connectivity index (χ1v) is 8.28. The Morgan fingerprint density at radius 3 is 2.77 bits per heavy atom. The minimum Gasteiger partial charge on any atom is -0.275 e. The Kier molecular flexibility index (Phi) is 3.58. The number of rotatable bonds is 3. The summed E-state index contributed by atoms with van der Waals surface area (Å²) in [6.07, 6.45) is 5.44. The van der Waals surface area contributed by atoms with Crippen molar-refractivity contribution in [3.8, 4) is 0 Å². The summed E-state index contributed by atoms with van der Waals surface area (Å²) in [6.45, 7) is 0. The van der Waals surface area contributed by atoms with Crippen LogP contribution in [0.3, 0.4) is 0 Å². The molecule has 1 N–H and O–H groups in total. The molecule has 0 radical (unpaired) electrons. The Hall–Kier alpha value is -2.41. The summed E-state index contributed by atoms with van der Waals surface area (Å²) in [5, 5.41) is 3.86. The SMILES string of the molecule is Cn1cc(C(=O)NS(=O)(=O)C2=Cc3ccccc3CC2)cn1. The van der Waals surface area contributed by atoms with Crippen LogP contribution in [0.1, 0.15) is 27.9 Å². The second kappa shape index (κ2) is 5.42. The molecule has 0 saturated heterocycles. The number of nitrogens with zero attached hydrogens (tertiary/aromatic N) is 2. The van der Waals surface area contributed by atoms with E-state index < -0.39 is 15.9 Å². The highest BCUT2D eigenvalue weighted by Gasteiger charge is 2.24. The summed E-state index contributed by atoms with van der Waals surface area (Å²) in [5.41, 5.74) is 2.20. The zero-order valence-electron chi connectivity index (χ0n) is 12.0. The van der Waals surface area contributed by atoms with Gasteiger partial charge in [0.25, 0.3) is 15.9 Å². The molecule has 1 heterocycles. The number of sulfonamides is 1. The summed E-state index contributed by atoms with van der Waals surface area (Å²) < 4.78 is 28.3. The average molecular weight is 317 g/mol. The van der Waals surface area contributed by atoms with E-state index in [2.05, 4.69) is 9.82 Å². The number of carbonyl (C=O) groups is 1. The third-order valence-electron chi connectivity index (χ3n) is 3.55. The standard InChI is InChI=1S/C15H15N3O3S/c1-18-10-13(9-16-18)15(19)17-22(20,21)14-7-6-11-4-2-3-5-12(11)8-14/h2-5,8-10H,6-7H2,1H3,(H,17,19). The molecule has 0 fully saturated rings. The number of fused-ring (bicyclic) bond motifs is 1. The molecule has 1 aliphatic rings. The van der Waals surface area contributed by atoms with Gasteiger partial charge in [0.1, 0.15) is 0 Å². The van der Waals surface area contributed by atoms with E-state index >= 15 is 0 Å². The minimum atomic E-state index is -3.84. The van der Waals surface area contributed by atoms with Gasteiger partial charge in [0, 0.05) is 13.2 Å². The van der Waals surface area contributed by atoms with E-state index in [-0.39, 0.29) is 10.5 Å². The molecule has 0 spiro atoms. The first-order chi connectivity index (χ1) is 10.5. The van der Waals surface area contributed by atoms with Crippen LogP contribution < -0.4 is 4.72 Å². The lowest BCUT2D eigenvalue weighted by Gasteiger charge is -2.16. The summed E-state index contributed by atoms with van der Waals surface area (Å²) in [6, 6.07) is 7.63. The average Bonchev–Trinajstić information content (AvgIpc) is 2.93. The smallest absolute Gasteiger partial charge is 0.268 e. The fraction of sp³-hybridized carbons (Fsp3) is 0.200. The molecule has 1 aromatic carbocycles. The quantitative estimate of drug-likeness (QED) is 0.929. The molecular weight excluding hydrogens is 302 g/mol. The Labute approximate surface area is 128 Å². The second-order valence-corrected chi connectivity index (χ2v) is 6.88. The fourth-order valence-electron chi connectivity index (χ4n) is 2.40. The van der Waals surface area contributed by atoms with Crippen LogP contribution in [0.25, 0.3) is 6.08 Å². The maximum absolute atomic E-state index is 12.4. The van der Waals surface area contributed by atoms with Crippen molar-refractivity contribution in [1.29, 1.82) is 0 Å². The number of allylic oxidation sites excluding steroid dienone is 1. The highest BCUT2D eigenvalue weighted by Crippen LogP contribution is 2.26. The van der Waals surface area contributed by atoms with Gasteiger partial charge in [-0.1, -0.05) is 24.3 Å². The van der Waals surface area contributed by atoms with Crippen molar-refractivity contribution in [2.24, 2.45) is 7.05 Å². The third kappa shape index (κ3) is 2.80. The zero-order chi connectivity index (χ0) is 15.7. The van der Waals surface area contributed by atoms with Gasteiger partial charge in [-0.25, -0.2) is 13.1 Å². The van der Waals surface area contributed by atoms with Gasteiger partial charge in [-0.2, -0.15) is 5.10 Å². The monoisotopic (exact) mass is 317 g/mol. The summed E-state index contributed by atoms with van der Waals surface area (Å²) in [7, 11) is -2.18. The number of hydrogen-bond donors (Lipinski definition) is 1. The van der Waals surface area contributed by atoms with Crippen LogP contribution in [0.5, 0.6) is 0 Å². The van der Waals surface area contributed by atoms with Gasteiger partial charge in [-0.3, -0.25) is 9.48 Å². The molecule has 1 aromatic heterocycles. The number of aryl methyl sites for hydroxylation is 2. The molecule has 2 aromatic rings. The van der Waals surface area contributed by atoms with Crippen LogP contribution in [0.2, 0.25) is 0 Å². The molecule has 0 atom stereocenters. The summed E-state index contributed by atoms with van der Waals surface area (Å²) in [4.78, 5) is 12.2. The highest BCUT2D eigenvalue weighted by molar-refractivity contribution is 7.94. The lowest BCUT2D eigenvalue weighted by Crippen LogP contribution is -2.32. The van der Waals surface area contributed by atoms with E-state index in [4.69, 9.17) is 0 Å². The van der Waals surface area contributed by atoms with Gasteiger partial charge in [-0.15, -0.1) is 0 Å². The van der Waals surface area contributed by atoms with Crippen molar-refractivity contribution < 1.29 is 13.2 Å². The Bertz CT molecular complexity index is 866. The number of hydrogen-bond acceptors (Lipinski definition) is 4. The zero-order valence-corrected chi connectivity index (χ0v) is 12.8. The molecule has 0 aliphatic heterocycles. The molecule has 0 bridgehead atoms. The molecule has 1 aliphatic carbocycles. The number of nitrogens with one attached hydrogen (secondary N) is 1. The van der Waals surface area contributed by atoms with Crippen molar-refractivity contribution in [3.63, 3.8) is 0 Å². The molecule has 1 amide bonds. The molecule has 0 unspecified atom stereocenters. The molecule has 114 valence electrons. The maximum atomic E-state index is 12.4. The van der Waals surface area contributed by atoms with E-state index in [0.717, 1.165) is 11.1 Å². The predicted molar refractivity (Wildman–Crippen MR) is 82.3 cm³/mol. The number of carbonyl (C=O) groups excluding carboxylic acids is 1. The van der Waals surface area contributed by atoms with Crippen molar-refractivity contribution in [2.45, 2.75) is 12.8 Å². The summed E-state index contributed by atoms with van der Waals surface area (Å²) in [5.74, 6) is -0.673. The Morgan fingerprint density at radius 2 is 2.05 bits per heavy atom. The van der Waals surface area contributed by atoms with Gasteiger partial charge in [-0.05, 0) is 30.0 Å². The van der Waals surface area contributed by atoms with Crippen molar-refractivity contribution in [3.05, 3.63) is 58.3 Å². The van der Waals surface area contributed by atoms with Crippen molar-refractivity contribution in [2.75, 3.05) is 0 Å². The Morgan fingerprint density at radius 1 is 1.27 bits per heavy atom. The van der Waals surface area contributed by atoms with Crippen molar-refractivity contribution >= 4 is 22.0 Å². The van der Waals surface area contributed by atoms with Gasteiger partial charge in [0.05, 0.1) is 16.7 Å². The highest BCUT2D eigenvalue weighted by atomic mass is 32.2. The topological polar surface area (TPSA) is 81.1 Å². The van der Waals surface area contributed by atoms with Crippen LogP contribution in [0.4, 0.5) is 0 Å². The third-order valence-corrected chi connectivity index (χ3v) is 5.02. The normalized spacial score (nSPS) is 14.1. The molecule has 22 heavy (non-hydrogen) atoms. The lowest BCUT2D eigenvalue weighted by atomic mass is 9.98. The first-order valence-electron chi connectivity index (χ1n) is 6.80. The van der Waals surface area contributed by atoms with Crippen LogP contribution in [-0.2, 0) is 23.5 Å². The van der Waals surface area contributed by atoms with Crippen LogP contribution >= 0.6 is 0 Å². The van der Waals surface area contributed by atoms with Gasteiger partial charge in [0.2, 0.25) is 0 Å². The minimum absolute atomic E-state index is 0.211. The number of amides is 1. The number of benzene rings is 1.